The van der Waals surface area contributed by atoms with E-state index in [4.69, 9.17) is 5.73 Å². The van der Waals surface area contributed by atoms with Crippen LogP contribution >= 0.6 is 0 Å². The molecule has 6 heteroatoms. The molecular formula is C23H22N4O2. The second-order valence-corrected chi connectivity index (χ2v) is 6.51. The standard InChI is InChI=1S/C23H22N4O2/c1-16(28)23(26-19-5-4-14-25-15-19)18-11-8-17(9-12-18)10-13-22(29)27-21-7-3-2-6-20(21)24/h2-15,23,26H,24H2,1H3,(H,27,29)/b13-10+. The molecule has 1 amide bonds. The second-order valence-electron chi connectivity index (χ2n) is 6.51. The Morgan fingerprint density at radius 3 is 2.45 bits per heavy atom. The zero-order valence-electron chi connectivity index (χ0n) is 16.0. The molecule has 29 heavy (non-hydrogen) atoms. The highest BCUT2D eigenvalue weighted by atomic mass is 16.1. The monoisotopic (exact) mass is 386 g/mol. The fraction of sp³-hybridized carbons (Fsp3) is 0.0870. The normalized spacial score (nSPS) is 11.8. The Balaban J connectivity index is 1.67. The number of aromatic nitrogens is 1. The van der Waals surface area contributed by atoms with Crippen LogP contribution in [-0.4, -0.2) is 16.7 Å². The van der Waals surface area contributed by atoms with E-state index in [0.29, 0.717) is 11.4 Å². The highest BCUT2D eigenvalue weighted by Crippen LogP contribution is 2.21. The molecule has 1 aromatic heterocycles. The van der Waals surface area contributed by atoms with E-state index in [2.05, 4.69) is 15.6 Å². The summed E-state index contributed by atoms with van der Waals surface area (Å²) in [5.74, 6) is -0.274. The van der Waals surface area contributed by atoms with Crippen LogP contribution < -0.4 is 16.4 Å². The van der Waals surface area contributed by atoms with Crippen molar-refractivity contribution in [3.63, 3.8) is 0 Å². The molecule has 1 heterocycles. The first-order chi connectivity index (χ1) is 14.0. The summed E-state index contributed by atoms with van der Waals surface area (Å²) in [5.41, 5.74) is 9.35. The largest absolute Gasteiger partial charge is 0.397 e. The SMILES string of the molecule is CC(=O)C(Nc1cccnc1)c1ccc(/C=C/C(=O)Nc2ccccc2N)cc1. The molecule has 0 fully saturated rings. The number of carbonyl (C=O) groups is 2. The van der Waals surface area contributed by atoms with E-state index in [-0.39, 0.29) is 11.7 Å². The number of amides is 1. The number of anilines is 3. The van der Waals surface area contributed by atoms with Gasteiger partial charge in [0.25, 0.3) is 0 Å². The number of nitrogens with one attached hydrogen (secondary N) is 2. The van der Waals surface area contributed by atoms with E-state index in [9.17, 15) is 9.59 Å². The predicted octanol–water partition coefficient (Wildman–Crippen LogP) is 4.06. The third-order valence-electron chi connectivity index (χ3n) is 4.29. The number of hydrogen-bond donors (Lipinski definition) is 3. The van der Waals surface area contributed by atoms with Crippen molar-refractivity contribution in [2.75, 3.05) is 16.4 Å². The fourth-order valence-electron chi connectivity index (χ4n) is 2.79. The molecule has 0 bridgehead atoms. The molecule has 0 aliphatic carbocycles. The summed E-state index contributed by atoms with van der Waals surface area (Å²) < 4.78 is 0. The first-order valence-corrected chi connectivity index (χ1v) is 9.13. The van der Waals surface area contributed by atoms with E-state index in [1.54, 1.807) is 49.7 Å². The van der Waals surface area contributed by atoms with Crippen molar-refractivity contribution in [3.8, 4) is 0 Å². The van der Waals surface area contributed by atoms with Gasteiger partial charge in [-0.2, -0.15) is 0 Å². The molecule has 0 aliphatic heterocycles. The number of carbonyl (C=O) groups excluding carboxylic acids is 2. The number of hydrogen-bond acceptors (Lipinski definition) is 5. The van der Waals surface area contributed by atoms with Gasteiger partial charge in [0.05, 0.1) is 17.1 Å². The number of Topliss-reactive ketones (excluding diaryl/α,β-unsaturated/α-hetero) is 1. The number of rotatable bonds is 7. The van der Waals surface area contributed by atoms with Crippen LogP contribution in [0, 0.1) is 0 Å². The van der Waals surface area contributed by atoms with Gasteiger partial charge in [-0.3, -0.25) is 14.6 Å². The van der Waals surface area contributed by atoms with Crippen LogP contribution in [0.4, 0.5) is 17.1 Å². The van der Waals surface area contributed by atoms with Gasteiger partial charge in [0.1, 0.15) is 6.04 Å². The highest BCUT2D eigenvalue weighted by molar-refractivity contribution is 6.03. The van der Waals surface area contributed by atoms with Crippen LogP contribution in [0.1, 0.15) is 24.1 Å². The van der Waals surface area contributed by atoms with Crippen LogP contribution in [0.25, 0.3) is 6.08 Å². The summed E-state index contributed by atoms with van der Waals surface area (Å²) in [6.45, 7) is 1.54. The lowest BCUT2D eigenvalue weighted by atomic mass is 10.0. The molecule has 3 aromatic rings. The number of pyridine rings is 1. The fourth-order valence-corrected chi connectivity index (χ4v) is 2.79. The van der Waals surface area contributed by atoms with Crippen molar-refractivity contribution in [1.29, 1.82) is 0 Å². The van der Waals surface area contributed by atoms with Crippen LogP contribution in [-0.2, 0) is 9.59 Å². The number of benzene rings is 2. The zero-order valence-corrected chi connectivity index (χ0v) is 16.0. The quantitative estimate of drug-likeness (QED) is 0.420. The minimum absolute atomic E-state index is 0.00280. The molecule has 4 N–H and O–H groups in total. The maximum absolute atomic E-state index is 12.1. The third-order valence-corrected chi connectivity index (χ3v) is 4.29. The van der Waals surface area contributed by atoms with Crippen LogP contribution in [0.3, 0.4) is 0 Å². The Kier molecular flexibility index (Phi) is 6.37. The molecule has 0 radical (unpaired) electrons. The number of para-hydroxylation sites is 2. The van der Waals surface area contributed by atoms with Crippen molar-refractivity contribution in [1.82, 2.24) is 4.98 Å². The summed E-state index contributed by atoms with van der Waals surface area (Å²) in [4.78, 5) is 28.2. The molecule has 0 aliphatic rings. The van der Waals surface area contributed by atoms with Gasteiger partial charge in [-0.25, -0.2) is 0 Å². The lowest BCUT2D eigenvalue weighted by Crippen LogP contribution is -2.18. The maximum atomic E-state index is 12.1. The molecule has 2 aromatic carbocycles. The van der Waals surface area contributed by atoms with Gasteiger partial charge in [-0.1, -0.05) is 36.4 Å². The highest BCUT2D eigenvalue weighted by Gasteiger charge is 2.16. The van der Waals surface area contributed by atoms with E-state index in [1.165, 1.54) is 6.08 Å². The van der Waals surface area contributed by atoms with Gasteiger partial charge in [-0.05, 0) is 48.4 Å². The molecular weight excluding hydrogens is 364 g/mol. The van der Waals surface area contributed by atoms with Crippen LogP contribution in [0.5, 0.6) is 0 Å². The Morgan fingerprint density at radius 2 is 1.79 bits per heavy atom. The number of nitrogens with two attached hydrogens (primary N) is 1. The molecule has 3 rings (SSSR count). The van der Waals surface area contributed by atoms with E-state index >= 15 is 0 Å². The van der Waals surface area contributed by atoms with Gasteiger partial charge < -0.3 is 16.4 Å². The molecule has 0 saturated carbocycles. The van der Waals surface area contributed by atoms with Crippen LogP contribution in [0.15, 0.2) is 79.1 Å². The van der Waals surface area contributed by atoms with E-state index < -0.39 is 6.04 Å². The number of nitrogens with zero attached hydrogens (tertiary/aromatic N) is 1. The van der Waals surface area contributed by atoms with E-state index in [0.717, 1.165) is 16.8 Å². The Labute approximate surface area is 169 Å². The average Bonchev–Trinajstić information content (AvgIpc) is 2.73. The molecule has 1 unspecified atom stereocenters. The van der Waals surface area contributed by atoms with Gasteiger partial charge in [0, 0.05) is 18.5 Å². The minimum Gasteiger partial charge on any atom is -0.397 e. The predicted molar refractivity (Wildman–Crippen MR) is 116 cm³/mol. The molecule has 1 atom stereocenters. The lowest BCUT2D eigenvalue weighted by molar-refractivity contribution is -0.117. The van der Waals surface area contributed by atoms with Crippen molar-refractivity contribution < 1.29 is 9.59 Å². The Morgan fingerprint density at radius 1 is 1.03 bits per heavy atom. The van der Waals surface area contributed by atoms with Gasteiger partial charge in [-0.15, -0.1) is 0 Å². The van der Waals surface area contributed by atoms with Crippen molar-refractivity contribution in [2.45, 2.75) is 13.0 Å². The van der Waals surface area contributed by atoms with Gasteiger partial charge >= 0.3 is 0 Å². The average molecular weight is 386 g/mol. The molecule has 0 saturated heterocycles. The maximum Gasteiger partial charge on any atom is 0.248 e. The van der Waals surface area contributed by atoms with Crippen molar-refractivity contribution in [3.05, 3.63) is 90.3 Å². The zero-order chi connectivity index (χ0) is 20.6. The third kappa shape index (κ3) is 5.52. The second kappa shape index (κ2) is 9.32. The number of ketones is 1. The molecule has 0 spiro atoms. The summed E-state index contributed by atoms with van der Waals surface area (Å²) >= 11 is 0. The summed E-state index contributed by atoms with van der Waals surface area (Å²) in [7, 11) is 0. The van der Waals surface area contributed by atoms with Gasteiger partial charge in [0.2, 0.25) is 5.91 Å². The van der Waals surface area contributed by atoms with Crippen molar-refractivity contribution in [2.24, 2.45) is 0 Å². The van der Waals surface area contributed by atoms with Gasteiger partial charge in [0.15, 0.2) is 5.78 Å². The topological polar surface area (TPSA) is 97.1 Å². The first-order valence-electron chi connectivity index (χ1n) is 9.13. The summed E-state index contributed by atoms with van der Waals surface area (Å²) in [6.07, 6.45) is 6.50. The number of nitrogen functional groups attached to an aromatic ring is 1. The van der Waals surface area contributed by atoms with E-state index in [1.807, 2.05) is 36.4 Å². The summed E-state index contributed by atoms with van der Waals surface area (Å²) in [5, 5.41) is 5.93. The molecule has 146 valence electrons. The summed E-state index contributed by atoms with van der Waals surface area (Å²) in [6, 6.07) is 17.7. The van der Waals surface area contributed by atoms with Crippen molar-refractivity contribution >= 4 is 34.8 Å². The Hall–Kier alpha value is -3.93. The minimum atomic E-state index is -0.471. The first kappa shape index (κ1) is 19.8. The molecule has 6 nitrogen and oxygen atoms in total. The lowest BCUT2D eigenvalue weighted by Gasteiger charge is -2.17. The smallest absolute Gasteiger partial charge is 0.248 e. The Bertz CT molecular complexity index is 1010. The van der Waals surface area contributed by atoms with Crippen LogP contribution in [0.2, 0.25) is 0 Å².